The monoisotopic (exact) mass is 282 g/mol. The van der Waals surface area contributed by atoms with Crippen LogP contribution in [0.15, 0.2) is 22.8 Å². The Labute approximate surface area is 116 Å². The maximum absolute atomic E-state index is 11.6. The van der Waals surface area contributed by atoms with Crippen LogP contribution in [0, 0.1) is 5.92 Å². The van der Waals surface area contributed by atoms with Gasteiger partial charge >= 0.3 is 5.97 Å². The van der Waals surface area contributed by atoms with E-state index in [1.165, 1.54) is 12.3 Å². The Morgan fingerprint density at radius 3 is 2.55 bits per heavy atom. The second-order valence-electron chi connectivity index (χ2n) is 4.75. The normalized spacial score (nSPS) is 11.9. The summed E-state index contributed by atoms with van der Waals surface area (Å²) < 4.78 is 4.86. The fourth-order valence-electron chi connectivity index (χ4n) is 1.59. The fraction of sp³-hybridized carbons (Fsp3) is 0.462. The number of nitrogens with one attached hydrogen (secondary N) is 2. The molecular formula is C13H18N2O5. The van der Waals surface area contributed by atoms with Crippen LogP contribution in [0.4, 0.5) is 0 Å². The molecule has 2 amide bonds. The van der Waals surface area contributed by atoms with E-state index in [1.54, 1.807) is 6.07 Å². The highest BCUT2D eigenvalue weighted by Crippen LogP contribution is 2.04. The average Bonchev–Trinajstić information content (AvgIpc) is 2.88. The Morgan fingerprint density at radius 2 is 2.05 bits per heavy atom. The highest BCUT2D eigenvalue weighted by atomic mass is 16.4. The van der Waals surface area contributed by atoms with E-state index in [2.05, 4.69) is 10.6 Å². The third-order valence-corrected chi connectivity index (χ3v) is 2.49. The van der Waals surface area contributed by atoms with Crippen molar-refractivity contribution in [3.05, 3.63) is 24.2 Å². The average molecular weight is 282 g/mol. The fourth-order valence-corrected chi connectivity index (χ4v) is 1.59. The van der Waals surface area contributed by atoms with Crippen LogP contribution >= 0.6 is 0 Å². The summed E-state index contributed by atoms with van der Waals surface area (Å²) in [6.45, 7) is 3.42. The van der Waals surface area contributed by atoms with Crippen LogP contribution in [0.25, 0.3) is 0 Å². The molecule has 0 aromatic carbocycles. The van der Waals surface area contributed by atoms with Crippen molar-refractivity contribution in [3.8, 4) is 0 Å². The van der Waals surface area contributed by atoms with Crippen molar-refractivity contribution in [2.24, 2.45) is 5.92 Å². The maximum Gasteiger partial charge on any atom is 0.326 e. The number of carboxylic acid groups (broad SMARTS) is 1. The summed E-state index contributed by atoms with van der Waals surface area (Å²) in [5.41, 5.74) is 0. The molecular weight excluding hydrogens is 264 g/mol. The van der Waals surface area contributed by atoms with Crippen LogP contribution in [0.1, 0.15) is 30.8 Å². The minimum absolute atomic E-state index is 0.0924. The van der Waals surface area contributed by atoms with Crippen LogP contribution < -0.4 is 10.6 Å². The highest BCUT2D eigenvalue weighted by Gasteiger charge is 2.21. The molecule has 20 heavy (non-hydrogen) atoms. The molecule has 1 rings (SSSR count). The molecule has 3 N–H and O–H groups in total. The quantitative estimate of drug-likeness (QED) is 0.679. The summed E-state index contributed by atoms with van der Waals surface area (Å²) in [7, 11) is 0. The molecule has 1 heterocycles. The number of carbonyl (C=O) groups excluding carboxylic acids is 2. The van der Waals surface area contributed by atoms with Gasteiger partial charge in [-0.2, -0.15) is 0 Å². The Balaban J connectivity index is 2.42. The second kappa shape index (κ2) is 7.32. The summed E-state index contributed by atoms with van der Waals surface area (Å²) in [4.78, 5) is 34.1. The van der Waals surface area contributed by atoms with E-state index in [0.29, 0.717) is 6.42 Å². The molecule has 1 aromatic rings. The molecule has 0 fully saturated rings. The van der Waals surface area contributed by atoms with Gasteiger partial charge < -0.3 is 20.2 Å². The number of carbonyl (C=O) groups is 3. The SMILES string of the molecule is CC(C)CC(NC(=O)CNC(=O)c1ccco1)C(=O)O. The zero-order valence-corrected chi connectivity index (χ0v) is 11.4. The maximum atomic E-state index is 11.6. The summed E-state index contributed by atoms with van der Waals surface area (Å²) >= 11 is 0. The molecule has 7 heteroatoms. The van der Waals surface area contributed by atoms with Gasteiger partial charge in [0.15, 0.2) is 5.76 Å². The zero-order valence-electron chi connectivity index (χ0n) is 11.4. The first kappa shape index (κ1) is 15.7. The smallest absolute Gasteiger partial charge is 0.326 e. The summed E-state index contributed by atoms with van der Waals surface area (Å²) in [6.07, 6.45) is 1.67. The van der Waals surface area contributed by atoms with Gasteiger partial charge in [-0.05, 0) is 24.5 Å². The first-order valence-electron chi connectivity index (χ1n) is 6.24. The van der Waals surface area contributed by atoms with Gasteiger partial charge in [-0.25, -0.2) is 4.79 Å². The molecule has 0 saturated heterocycles. The number of hydrogen-bond donors (Lipinski definition) is 3. The first-order valence-corrected chi connectivity index (χ1v) is 6.24. The Kier molecular flexibility index (Phi) is 5.76. The topological polar surface area (TPSA) is 109 Å². The van der Waals surface area contributed by atoms with Gasteiger partial charge in [0.1, 0.15) is 6.04 Å². The molecule has 0 spiro atoms. The lowest BCUT2D eigenvalue weighted by Gasteiger charge is -2.16. The van der Waals surface area contributed by atoms with Gasteiger partial charge in [-0.3, -0.25) is 9.59 Å². The summed E-state index contributed by atoms with van der Waals surface area (Å²) in [5, 5.41) is 13.7. The summed E-state index contributed by atoms with van der Waals surface area (Å²) in [6, 6.07) is 2.06. The van der Waals surface area contributed by atoms with E-state index in [4.69, 9.17) is 9.52 Å². The van der Waals surface area contributed by atoms with Crippen molar-refractivity contribution < 1.29 is 23.9 Å². The molecule has 0 aliphatic carbocycles. The molecule has 1 unspecified atom stereocenters. The number of hydrogen-bond acceptors (Lipinski definition) is 4. The van der Waals surface area contributed by atoms with E-state index in [-0.39, 0.29) is 18.2 Å². The minimum Gasteiger partial charge on any atom is -0.480 e. The Hall–Kier alpha value is -2.31. The van der Waals surface area contributed by atoms with E-state index in [0.717, 1.165) is 0 Å². The summed E-state index contributed by atoms with van der Waals surface area (Å²) in [5.74, 6) is -1.95. The molecule has 0 saturated carbocycles. The van der Waals surface area contributed by atoms with Crippen molar-refractivity contribution in [1.29, 1.82) is 0 Å². The molecule has 0 bridgehead atoms. The number of furan rings is 1. The Bertz CT molecular complexity index is 467. The lowest BCUT2D eigenvalue weighted by molar-refractivity contribution is -0.142. The third-order valence-electron chi connectivity index (χ3n) is 2.49. The van der Waals surface area contributed by atoms with Crippen molar-refractivity contribution in [3.63, 3.8) is 0 Å². The van der Waals surface area contributed by atoms with Crippen LogP contribution in [0.2, 0.25) is 0 Å². The van der Waals surface area contributed by atoms with E-state index < -0.39 is 23.8 Å². The highest BCUT2D eigenvalue weighted by molar-refractivity contribution is 5.94. The van der Waals surface area contributed by atoms with Crippen molar-refractivity contribution in [2.75, 3.05) is 6.54 Å². The van der Waals surface area contributed by atoms with Crippen LogP contribution in [0.5, 0.6) is 0 Å². The molecule has 0 radical (unpaired) electrons. The standard InChI is InChI=1S/C13H18N2O5/c1-8(2)6-9(13(18)19)15-11(16)7-14-12(17)10-4-3-5-20-10/h3-5,8-9H,6-7H2,1-2H3,(H,14,17)(H,15,16)(H,18,19). The lowest BCUT2D eigenvalue weighted by atomic mass is 10.0. The van der Waals surface area contributed by atoms with Crippen LogP contribution in [0.3, 0.4) is 0 Å². The predicted molar refractivity (Wildman–Crippen MR) is 70.1 cm³/mol. The van der Waals surface area contributed by atoms with Crippen molar-refractivity contribution in [1.82, 2.24) is 10.6 Å². The number of amides is 2. The first-order chi connectivity index (χ1) is 9.40. The molecule has 0 aliphatic rings. The number of rotatable bonds is 7. The van der Waals surface area contributed by atoms with Gasteiger partial charge in [0.2, 0.25) is 5.91 Å². The lowest BCUT2D eigenvalue weighted by Crippen LogP contribution is -2.46. The van der Waals surface area contributed by atoms with Crippen molar-refractivity contribution in [2.45, 2.75) is 26.3 Å². The zero-order chi connectivity index (χ0) is 15.1. The Morgan fingerprint density at radius 1 is 1.35 bits per heavy atom. The minimum atomic E-state index is -1.09. The van der Waals surface area contributed by atoms with Gasteiger partial charge in [0.05, 0.1) is 12.8 Å². The van der Waals surface area contributed by atoms with E-state index >= 15 is 0 Å². The number of aliphatic carboxylic acids is 1. The molecule has 110 valence electrons. The van der Waals surface area contributed by atoms with Crippen LogP contribution in [-0.4, -0.2) is 35.5 Å². The largest absolute Gasteiger partial charge is 0.480 e. The van der Waals surface area contributed by atoms with Gasteiger partial charge in [-0.15, -0.1) is 0 Å². The molecule has 7 nitrogen and oxygen atoms in total. The van der Waals surface area contributed by atoms with Gasteiger partial charge in [0.25, 0.3) is 5.91 Å². The number of carboxylic acids is 1. The molecule has 1 aromatic heterocycles. The van der Waals surface area contributed by atoms with E-state index in [9.17, 15) is 14.4 Å². The van der Waals surface area contributed by atoms with Gasteiger partial charge in [0, 0.05) is 0 Å². The third kappa shape index (κ3) is 5.13. The molecule has 0 aliphatic heterocycles. The van der Waals surface area contributed by atoms with Gasteiger partial charge in [-0.1, -0.05) is 13.8 Å². The molecule has 1 atom stereocenters. The van der Waals surface area contributed by atoms with Crippen molar-refractivity contribution >= 4 is 17.8 Å². The van der Waals surface area contributed by atoms with Crippen LogP contribution in [-0.2, 0) is 9.59 Å². The second-order valence-corrected chi connectivity index (χ2v) is 4.75. The predicted octanol–water partition coefficient (Wildman–Crippen LogP) is 0.625. The van der Waals surface area contributed by atoms with E-state index in [1.807, 2.05) is 13.8 Å².